The maximum absolute atomic E-state index is 11.5. The first-order valence-corrected chi connectivity index (χ1v) is 5.34. The monoisotopic (exact) mass is 259 g/mol. The molecule has 0 unspecified atom stereocenters. The third-order valence-corrected chi connectivity index (χ3v) is 2.19. The SMILES string of the molecule is CN1C(=O)[C@@H](NC(=O)OC(C)(C)C)[C@@H]1OC(N)=O. The van der Waals surface area contributed by atoms with Gasteiger partial charge >= 0.3 is 12.2 Å². The minimum atomic E-state index is -1.02. The number of carbonyl (C=O) groups excluding carboxylic acids is 3. The maximum atomic E-state index is 11.5. The van der Waals surface area contributed by atoms with Crippen molar-refractivity contribution in [2.45, 2.75) is 38.6 Å². The van der Waals surface area contributed by atoms with Crippen LogP contribution in [0.3, 0.4) is 0 Å². The van der Waals surface area contributed by atoms with E-state index in [1.165, 1.54) is 7.05 Å². The summed E-state index contributed by atoms with van der Waals surface area (Å²) in [4.78, 5) is 34.7. The summed E-state index contributed by atoms with van der Waals surface area (Å²) < 4.78 is 9.67. The highest BCUT2D eigenvalue weighted by Crippen LogP contribution is 2.19. The summed E-state index contributed by atoms with van der Waals surface area (Å²) in [6.45, 7) is 5.08. The molecule has 1 rings (SSSR count). The van der Waals surface area contributed by atoms with Gasteiger partial charge in [-0.3, -0.25) is 4.79 Å². The first-order chi connectivity index (χ1) is 8.11. The molecular weight excluding hydrogens is 242 g/mol. The Morgan fingerprint density at radius 2 is 1.94 bits per heavy atom. The number of amides is 3. The van der Waals surface area contributed by atoms with E-state index < -0.39 is 30.1 Å². The Hall–Kier alpha value is -1.99. The number of nitrogens with zero attached hydrogens (tertiary/aromatic N) is 1. The Morgan fingerprint density at radius 1 is 1.39 bits per heavy atom. The number of alkyl carbamates (subject to hydrolysis) is 1. The number of likely N-dealkylation sites (tertiary alicyclic amines) is 1. The van der Waals surface area contributed by atoms with Gasteiger partial charge in [-0.2, -0.15) is 0 Å². The molecule has 1 fully saturated rings. The summed E-state index contributed by atoms with van der Waals surface area (Å²) in [6, 6.07) is -0.961. The van der Waals surface area contributed by atoms with Crippen molar-refractivity contribution in [3.8, 4) is 0 Å². The summed E-state index contributed by atoms with van der Waals surface area (Å²) in [5.41, 5.74) is 4.18. The van der Waals surface area contributed by atoms with Gasteiger partial charge in [0.1, 0.15) is 5.60 Å². The van der Waals surface area contributed by atoms with Gasteiger partial charge in [0, 0.05) is 7.05 Å². The van der Waals surface area contributed by atoms with Gasteiger partial charge in [0.25, 0.3) is 5.91 Å². The molecule has 0 saturated carbocycles. The van der Waals surface area contributed by atoms with E-state index in [0.717, 1.165) is 4.90 Å². The molecule has 1 aliphatic rings. The van der Waals surface area contributed by atoms with E-state index in [0.29, 0.717) is 0 Å². The maximum Gasteiger partial charge on any atom is 0.408 e. The van der Waals surface area contributed by atoms with Crippen molar-refractivity contribution in [1.82, 2.24) is 10.2 Å². The standard InChI is InChI=1S/C10H17N3O5/c1-10(2,3)18-9(16)12-5-6(14)13(4)7(5)17-8(11)15/h5,7H,1-4H3,(H2,11,15)(H,12,16)/t5-,7+/m1/s1. The average molecular weight is 259 g/mol. The van der Waals surface area contributed by atoms with Crippen LogP contribution in [0, 0.1) is 0 Å². The highest BCUT2D eigenvalue weighted by Gasteiger charge is 2.49. The highest BCUT2D eigenvalue weighted by atomic mass is 16.6. The number of primary amides is 1. The molecule has 3 N–H and O–H groups in total. The van der Waals surface area contributed by atoms with E-state index in [-0.39, 0.29) is 5.91 Å². The predicted molar refractivity (Wildman–Crippen MR) is 60.4 cm³/mol. The van der Waals surface area contributed by atoms with Crippen LogP contribution in [0.5, 0.6) is 0 Å². The van der Waals surface area contributed by atoms with Gasteiger partial charge in [-0.05, 0) is 20.8 Å². The zero-order valence-electron chi connectivity index (χ0n) is 10.7. The first-order valence-electron chi connectivity index (χ1n) is 5.34. The van der Waals surface area contributed by atoms with Gasteiger partial charge < -0.3 is 25.4 Å². The van der Waals surface area contributed by atoms with Crippen LogP contribution in [-0.4, -0.2) is 47.9 Å². The van der Waals surface area contributed by atoms with Crippen molar-refractivity contribution in [3.05, 3.63) is 0 Å². The van der Waals surface area contributed by atoms with Crippen molar-refractivity contribution in [2.24, 2.45) is 5.73 Å². The zero-order chi connectivity index (χ0) is 14.1. The minimum absolute atomic E-state index is 0.382. The fraction of sp³-hybridized carbons (Fsp3) is 0.700. The highest BCUT2D eigenvalue weighted by molar-refractivity contribution is 5.92. The smallest absolute Gasteiger partial charge is 0.408 e. The Labute approximate surface area is 104 Å². The Kier molecular flexibility index (Phi) is 3.68. The topological polar surface area (TPSA) is 111 Å². The van der Waals surface area contributed by atoms with Crippen molar-refractivity contribution in [1.29, 1.82) is 0 Å². The molecule has 1 heterocycles. The van der Waals surface area contributed by atoms with Gasteiger partial charge in [-0.1, -0.05) is 0 Å². The second-order valence-electron chi connectivity index (χ2n) is 4.90. The van der Waals surface area contributed by atoms with Crippen molar-refractivity contribution in [3.63, 3.8) is 0 Å². The molecule has 1 aliphatic heterocycles. The zero-order valence-corrected chi connectivity index (χ0v) is 10.7. The van der Waals surface area contributed by atoms with E-state index in [1.54, 1.807) is 20.8 Å². The second kappa shape index (κ2) is 4.71. The molecule has 0 radical (unpaired) electrons. The van der Waals surface area contributed by atoms with Crippen LogP contribution in [0.2, 0.25) is 0 Å². The molecule has 102 valence electrons. The molecule has 0 spiro atoms. The van der Waals surface area contributed by atoms with Crippen LogP contribution in [0.1, 0.15) is 20.8 Å². The summed E-state index contributed by atoms with van der Waals surface area (Å²) >= 11 is 0. The molecule has 8 nitrogen and oxygen atoms in total. The number of carbonyl (C=O) groups is 3. The first kappa shape index (κ1) is 14.1. The fourth-order valence-corrected chi connectivity index (χ4v) is 1.44. The summed E-state index contributed by atoms with van der Waals surface area (Å²) in [5, 5.41) is 2.32. The number of β-lactam (4-membered cyclic amide) rings is 1. The van der Waals surface area contributed by atoms with Gasteiger partial charge in [0.05, 0.1) is 0 Å². The molecule has 0 aromatic rings. The van der Waals surface area contributed by atoms with Gasteiger partial charge in [0.15, 0.2) is 6.04 Å². The van der Waals surface area contributed by atoms with E-state index in [1.807, 2.05) is 0 Å². The van der Waals surface area contributed by atoms with E-state index >= 15 is 0 Å². The summed E-state index contributed by atoms with van der Waals surface area (Å²) in [7, 11) is 1.43. The molecule has 18 heavy (non-hydrogen) atoms. The molecule has 8 heteroatoms. The van der Waals surface area contributed by atoms with E-state index in [9.17, 15) is 14.4 Å². The third-order valence-electron chi connectivity index (χ3n) is 2.19. The number of nitrogens with two attached hydrogens (primary N) is 1. The van der Waals surface area contributed by atoms with Crippen LogP contribution in [0.25, 0.3) is 0 Å². The fourth-order valence-electron chi connectivity index (χ4n) is 1.44. The predicted octanol–water partition coefficient (Wildman–Crippen LogP) is -0.227. The lowest BCUT2D eigenvalue weighted by Crippen LogP contribution is -2.71. The Morgan fingerprint density at radius 3 is 2.39 bits per heavy atom. The quantitative estimate of drug-likeness (QED) is 0.665. The Balaban J connectivity index is 2.57. The van der Waals surface area contributed by atoms with Crippen LogP contribution in [-0.2, 0) is 14.3 Å². The minimum Gasteiger partial charge on any atom is -0.444 e. The molecule has 0 aliphatic carbocycles. The number of likely N-dealkylation sites (N-methyl/N-ethyl adjacent to an activating group) is 1. The Bertz CT molecular complexity index is 376. The van der Waals surface area contributed by atoms with Crippen LogP contribution in [0.4, 0.5) is 9.59 Å². The number of hydrogen-bond donors (Lipinski definition) is 2. The molecule has 0 bridgehead atoms. The van der Waals surface area contributed by atoms with Crippen LogP contribution in [0.15, 0.2) is 0 Å². The summed E-state index contributed by atoms with van der Waals surface area (Å²) in [5.74, 6) is -0.382. The second-order valence-corrected chi connectivity index (χ2v) is 4.90. The van der Waals surface area contributed by atoms with Gasteiger partial charge in [-0.25, -0.2) is 9.59 Å². The van der Waals surface area contributed by atoms with Crippen LogP contribution >= 0.6 is 0 Å². The lowest BCUT2D eigenvalue weighted by Gasteiger charge is -2.43. The van der Waals surface area contributed by atoms with E-state index in [2.05, 4.69) is 10.1 Å². The van der Waals surface area contributed by atoms with Crippen molar-refractivity contribution < 1.29 is 23.9 Å². The van der Waals surface area contributed by atoms with Gasteiger partial charge in [0.2, 0.25) is 6.23 Å². The third kappa shape index (κ3) is 3.25. The number of rotatable bonds is 2. The average Bonchev–Trinajstić information content (AvgIpc) is 2.19. The lowest BCUT2D eigenvalue weighted by atomic mass is 10.1. The number of hydrogen-bond acceptors (Lipinski definition) is 5. The molecular formula is C10H17N3O5. The largest absolute Gasteiger partial charge is 0.444 e. The van der Waals surface area contributed by atoms with Crippen molar-refractivity contribution >= 4 is 18.1 Å². The number of nitrogens with one attached hydrogen (secondary N) is 1. The lowest BCUT2D eigenvalue weighted by molar-refractivity contribution is -0.167. The number of ether oxygens (including phenoxy) is 2. The molecule has 2 atom stereocenters. The van der Waals surface area contributed by atoms with Crippen molar-refractivity contribution in [2.75, 3.05) is 7.05 Å². The normalized spacial score (nSPS) is 23.1. The van der Waals surface area contributed by atoms with Crippen LogP contribution < -0.4 is 11.1 Å². The van der Waals surface area contributed by atoms with E-state index in [4.69, 9.17) is 10.5 Å². The molecule has 0 aromatic carbocycles. The molecule has 0 aromatic heterocycles. The van der Waals surface area contributed by atoms with Gasteiger partial charge in [-0.15, -0.1) is 0 Å². The summed E-state index contributed by atoms with van der Waals surface area (Å²) in [6.07, 6.45) is -2.68. The molecule has 1 saturated heterocycles. The molecule has 3 amide bonds.